The number of hydrogen-bond acceptors (Lipinski definition) is 3. The highest BCUT2D eigenvalue weighted by Gasteiger charge is 2.33. The quantitative estimate of drug-likeness (QED) is 0.697. The zero-order valence-corrected chi connectivity index (χ0v) is 15.5. The Morgan fingerprint density at radius 2 is 1.85 bits per heavy atom. The van der Waals surface area contributed by atoms with E-state index in [0.29, 0.717) is 18.0 Å². The van der Waals surface area contributed by atoms with Crippen molar-refractivity contribution in [1.82, 2.24) is 4.90 Å². The minimum Gasteiger partial charge on any atom is -0.497 e. The maximum atomic E-state index is 13.8. The summed E-state index contributed by atoms with van der Waals surface area (Å²) in [6.07, 6.45) is 2.20. The summed E-state index contributed by atoms with van der Waals surface area (Å²) in [6, 6.07) is 8.97. The highest BCUT2D eigenvalue weighted by molar-refractivity contribution is 5.77. The van der Waals surface area contributed by atoms with Crippen molar-refractivity contribution in [1.29, 1.82) is 0 Å². The van der Waals surface area contributed by atoms with Crippen molar-refractivity contribution >= 4 is 5.91 Å². The normalized spacial score (nSPS) is 13.3. The van der Waals surface area contributed by atoms with E-state index < -0.39 is 11.6 Å². The molecule has 0 N–H and O–H groups in total. The molecule has 0 saturated heterocycles. The van der Waals surface area contributed by atoms with Crippen molar-refractivity contribution in [3.63, 3.8) is 0 Å². The van der Waals surface area contributed by atoms with Gasteiger partial charge in [0.15, 0.2) is 0 Å². The molecule has 1 aliphatic carbocycles. The van der Waals surface area contributed by atoms with E-state index in [-0.39, 0.29) is 30.4 Å². The third-order valence-corrected chi connectivity index (χ3v) is 4.75. The molecule has 4 nitrogen and oxygen atoms in total. The van der Waals surface area contributed by atoms with Gasteiger partial charge in [-0.15, -0.1) is 0 Å². The van der Waals surface area contributed by atoms with Crippen LogP contribution in [0.25, 0.3) is 0 Å². The Labute approximate surface area is 157 Å². The van der Waals surface area contributed by atoms with E-state index in [9.17, 15) is 13.6 Å². The van der Waals surface area contributed by atoms with Crippen molar-refractivity contribution in [2.45, 2.75) is 38.3 Å². The first-order chi connectivity index (χ1) is 13.0. The van der Waals surface area contributed by atoms with Gasteiger partial charge in [0.1, 0.15) is 23.1 Å². The molecular weight excluding hydrogens is 352 g/mol. The smallest absolute Gasteiger partial charge is 0.223 e. The molecular formula is C21H23F2NO3. The monoisotopic (exact) mass is 375 g/mol. The summed E-state index contributed by atoms with van der Waals surface area (Å²) in [6.45, 7) is 0.398. The zero-order valence-electron chi connectivity index (χ0n) is 15.5. The van der Waals surface area contributed by atoms with Crippen LogP contribution in [-0.4, -0.2) is 31.1 Å². The molecule has 1 amide bonds. The van der Waals surface area contributed by atoms with Crippen molar-refractivity contribution in [3.8, 4) is 11.5 Å². The summed E-state index contributed by atoms with van der Waals surface area (Å²) in [7, 11) is 3.17. The largest absolute Gasteiger partial charge is 0.497 e. The lowest BCUT2D eigenvalue weighted by atomic mass is 10.1. The van der Waals surface area contributed by atoms with E-state index >= 15 is 0 Å². The number of carbonyl (C=O) groups excluding carboxylic acids is 1. The van der Waals surface area contributed by atoms with Gasteiger partial charge in [0.05, 0.1) is 14.2 Å². The van der Waals surface area contributed by atoms with Gasteiger partial charge in [0.25, 0.3) is 0 Å². The van der Waals surface area contributed by atoms with E-state index in [1.807, 2.05) is 12.1 Å². The van der Waals surface area contributed by atoms with Crippen LogP contribution < -0.4 is 9.47 Å². The molecule has 0 radical (unpaired) electrons. The average Bonchev–Trinajstić information content (AvgIpc) is 3.51. The van der Waals surface area contributed by atoms with Crippen LogP contribution in [0.2, 0.25) is 0 Å². The van der Waals surface area contributed by atoms with Gasteiger partial charge in [-0.25, -0.2) is 8.78 Å². The van der Waals surface area contributed by atoms with Crippen LogP contribution in [0.5, 0.6) is 11.5 Å². The van der Waals surface area contributed by atoms with Gasteiger partial charge in [-0.1, -0.05) is 0 Å². The second-order valence-electron chi connectivity index (χ2n) is 6.67. The number of halogens is 2. The molecule has 0 aromatic heterocycles. The first-order valence-corrected chi connectivity index (χ1v) is 8.96. The first-order valence-electron chi connectivity index (χ1n) is 8.96. The van der Waals surface area contributed by atoms with Crippen LogP contribution in [0.4, 0.5) is 8.78 Å². The number of methoxy groups -OCH3 is 2. The molecule has 0 aliphatic heterocycles. The fourth-order valence-corrected chi connectivity index (χ4v) is 3.12. The summed E-state index contributed by atoms with van der Waals surface area (Å²) in [5.41, 5.74) is 1.08. The van der Waals surface area contributed by atoms with E-state index in [1.165, 1.54) is 0 Å². The standard InChI is InChI=1S/C21H23F2NO3/c1-26-18-7-9-20(27-2)15(12-18)13-24(17-5-6-17)21(25)10-3-14-11-16(22)4-8-19(14)23/h4,7-9,11-12,17H,3,5-6,10,13H2,1-2H3. The number of rotatable bonds is 8. The average molecular weight is 375 g/mol. The maximum Gasteiger partial charge on any atom is 0.223 e. The van der Waals surface area contributed by atoms with E-state index in [1.54, 1.807) is 25.2 Å². The predicted molar refractivity (Wildman–Crippen MR) is 97.8 cm³/mol. The van der Waals surface area contributed by atoms with Gasteiger partial charge in [0.2, 0.25) is 5.91 Å². The molecule has 144 valence electrons. The molecule has 2 aromatic carbocycles. The van der Waals surface area contributed by atoms with Crippen LogP contribution in [0, 0.1) is 11.6 Å². The molecule has 1 fully saturated rings. The van der Waals surface area contributed by atoms with Crippen molar-refractivity contribution in [3.05, 3.63) is 59.2 Å². The summed E-state index contributed by atoms with van der Waals surface area (Å²) in [5, 5.41) is 0. The zero-order chi connectivity index (χ0) is 19.4. The Morgan fingerprint density at radius 3 is 2.52 bits per heavy atom. The van der Waals surface area contributed by atoms with Crippen molar-refractivity contribution in [2.75, 3.05) is 14.2 Å². The van der Waals surface area contributed by atoms with Crippen LogP contribution in [-0.2, 0) is 17.8 Å². The lowest BCUT2D eigenvalue weighted by Crippen LogP contribution is -2.33. The van der Waals surface area contributed by atoms with Gasteiger partial charge < -0.3 is 14.4 Å². The minimum absolute atomic E-state index is 0.0777. The molecule has 0 bridgehead atoms. The lowest BCUT2D eigenvalue weighted by Gasteiger charge is -2.24. The van der Waals surface area contributed by atoms with Gasteiger partial charge in [-0.05, 0) is 61.2 Å². The third-order valence-electron chi connectivity index (χ3n) is 4.75. The fourth-order valence-electron chi connectivity index (χ4n) is 3.12. The van der Waals surface area contributed by atoms with Gasteiger partial charge in [-0.2, -0.15) is 0 Å². The fraction of sp³-hybridized carbons (Fsp3) is 0.381. The second kappa shape index (κ2) is 8.37. The number of ether oxygens (including phenoxy) is 2. The molecule has 27 heavy (non-hydrogen) atoms. The summed E-state index contributed by atoms with van der Waals surface area (Å²) >= 11 is 0. The van der Waals surface area contributed by atoms with Crippen LogP contribution in [0.1, 0.15) is 30.4 Å². The Morgan fingerprint density at radius 1 is 1.07 bits per heavy atom. The van der Waals surface area contributed by atoms with Crippen LogP contribution in [0.15, 0.2) is 36.4 Å². The second-order valence-corrected chi connectivity index (χ2v) is 6.67. The van der Waals surface area contributed by atoms with Crippen LogP contribution in [0.3, 0.4) is 0 Å². The summed E-state index contributed by atoms with van der Waals surface area (Å²) in [5.74, 6) is 0.308. The third kappa shape index (κ3) is 4.76. The molecule has 6 heteroatoms. The number of hydrogen-bond donors (Lipinski definition) is 0. The highest BCUT2D eigenvalue weighted by atomic mass is 19.1. The summed E-state index contributed by atoms with van der Waals surface area (Å²) in [4.78, 5) is 14.6. The van der Waals surface area contributed by atoms with Crippen LogP contribution >= 0.6 is 0 Å². The Bertz CT molecular complexity index is 821. The van der Waals surface area contributed by atoms with Crippen molar-refractivity contribution < 1.29 is 23.0 Å². The molecule has 1 aliphatic rings. The van der Waals surface area contributed by atoms with E-state index in [2.05, 4.69) is 0 Å². The minimum atomic E-state index is -0.501. The number of carbonyl (C=O) groups is 1. The Balaban J connectivity index is 1.72. The molecule has 0 unspecified atom stereocenters. The first kappa shape index (κ1) is 19.1. The molecule has 1 saturated carbocycles. The topological polar surface area (TPSA) is 38.8 Å². The van der Waals surface area contributed by atoms with E-state index in [4.69, 9.17) is 9.47 Å². The number of amides is 1. The Kier molecular flexibility index (Phi) is 5.94. The molecule has 0 atom stereocenters. The number of aryl methyl sites for hydroxylation is 1. The number of nitrogens with zero attached hydrogens (tertiary/aromatic N) is 1. The molecule has 0 spiro atoms. The van der Waals surface area contributed by atoms with Gasteiger partial charge >= 0.3 is 0 Å². The summed E-state index contributed by atoms with van der Waals surface area (Å²) < 4.78 is 37.8. The van der Waals surface area contributed by atoms with Gasteiger partial charge in [-0.3, -0.25) is 4.79 Å². The highest BCUT2D eigenvalue weighted by Crippen LogP contribution is 2.32. The van der Waals surface area contributed by atoms with Gasteiger partial charge in [0, 0.05) is 24.6 Å². The molecule has 3 rings (SSSR count). The maximum absolute atomic E-state index is 13.8. The molecule has 0 heterocycles. The Hall–Kier alpha value is -2.63. The van der Waals surface area contributed by atoms with E-state index in [0.717, 1.165) is 36.6 Å². The predicted octanol–water partition coefficient (Wildman–Crippen LogP) is 4.11. The SMILES string of the molecule is COc1ccc(OC)c(CN(C(=O)CCc2cc(F)ccc2F)C2CC2)c1. The number of benzene rings is 2. The lowest BCUT2D eigenvalue weighted by molar-refractivity contribution is -0.132. The molecule has 2 aromatic rings. The van der Waals surface area contributed by atoms with Crippen molar-refractivity contribution in [2.24, 2.45) is 0 Å².